The van der Waals surface area contributed by atoms with E-state index in [0.717, 1.165) is 12.8 Å². The molecule has 1 amide bonds. The molecule has 0 bridgehead atoms. The molecule has 1 heterocycles. The van der Waals surface area contributed by atoms with Crippen LogP contribution in [0.4, 0.5) is 18.0 Å². The van der Waals surface area contributed by atoms with E-state index in [1.54, 1.807) is 20.8 Å². The minimum Gasteiger partial charge on any atom is -0.444 e. The van der Waals surface area contributed by atoms with Gasteiger partial charge in [0.05, 0.1) is 0 Å². The standard InChI is InChI=1S/C15H22F3N3O3/c1-14(2,3)24-13(22)19-8-9-4-6-10(7-5-9)11-20-21-12(23-11)15(16,17)18/h9-10H,4-8H2,1-3H3,(H,19,22). The molecule has 6 nitrogen and oxygen atoms in total. The van der Waals surface area contributed by atoms with Crippen LogP contribution in [0.3, 0.4) is 0 Å². The number of alkyl halides is 3. The van der Waals surface area contributed by atoms with Crippen molar-refractivity contribution in [3.05, 3.63) is 11.8 Å². The average Bonchev–Trinajstić information content (AvgIpc) is 2.93. The van der Waals surface area contributed by atoms with Crippen LogP contribution < -0.4 is 5.32 Å². The van der Waals surface area contributed by atoms with Crippen LogP contribution in [0.1, 0.15) is 64.2 Å². The Hall–Kier alpha value is -1.80. The lowest BCUT2D eigenvalue weighted by Gasteiger charge is -2.27. The van der Waals surface area contributed by atoms with Crippen LogP contribution in [0.5, 0.6) is 0 Å². The summed E-state index contributed by atoms with van der Waals surface area (Å²) >= 11 is 0. The van der Waals surface area contributed by atoms with Crippen molar-refractivity contribution in [3.8, 4) is 0 Å². The highest BCUT2D eigenvalue weighted by molar-refractivity contribution is 5.67. The summed E-state index contributed by atoms with van der Waals surface area (Å²) in [6.45, 7) is 5.85. The molecule has 0 spiro atoms. The number of rotatable bonds is 3. The second kappa shape index (κ2) is 6.98. The maximum Gasteiger partial charge on any atom is 0.470 e. The predicted octanol–water partition coefficient (Wildman–Crippen LogP) is 3.89. The van der Waals surface area contributed by atoms with Crippen molar-refractivity contribution in [1.29, 1.82) is 0 Å². The van der Waals surface area contributed by atoms with E-state index in [2.05, 4.69) is 15.5 Å². The van der Waals surface area contributed by atoms with E-state index in [-0.39, 0.29) is 17.7 Å². The Morgan fingerprint density at radius 1 is 1.21 bits per heavy atom. The summed E-state index contributed by atoms with van der Waals surface area (Å²) in [5.74, 6) is -1.16. The van der Waals surface area contributed by atoms with Crippen LogP contribution >= 0.6 is 0 Å². The average molecular weight is 349 g/mol. The van der Waals surface area contributed by atoms with Gasteiger partial charge in [0, 0.05) is 12.5 Å². The molecule has 1 aliphatic carbocycles. The van der Waals surface area contributed by atoms with E-state index in [1.807, 2.05) is 0 Å². The Kier molecular flexibility index (Phi) is 5.39. The molecule has 1 N–H and O–H groups in total. The summed E-state index contributed by atoms with van der Waals surface area (Å²) in [5, 5.41) is 9.31. The van der Waals surface area contributed by atoms with Gasteiger partial charge in [0.15, 0.2) is 0 Å². The van der Waals surface area contributed by atoms with Crippen LogP contribution in [0.25, 0.3) is 0 Å². The van der Waals surface area contributed by atoms with Crippen molar-refractivity contribution >= 4 is 6.09 Å². The summed E-state index contributed by atoms with van der Waals surface area (Å²) in [7, 11) is 0. The quantitative estimate of drug-likeness (QED) is 0.896. The zero-order valence-electron chi connectivity index (χ0n) is 13.9. The van der Waals surface area contributed by atoms with Gasteiger partial charge in [0.2, 0.25) is 5.89 Å². The van der Waals surface area contributed by atoms with Crippen molar-refractivity contribution in [3.63, 3.8) is 0 Å². The molecule has 9 heteroatoms. The Bertz CT molecular complexity index is 558. The molecular weight excluding hydrogens is 327 g/mol. The number of halogens is 3. The van der Waals surface area contributed by atoms with E-state index in [1.165, 1.54) is 0 Å². The fourth-order valence-electron chi connectivity index (χ4n) is 2.67. The van der Waals surface area contributed by atoms with Gasteiger partial charge < -0.3 is 14.5 Å². The molecule has 1 saturated carbocycles. The van der Waals surface area contributed by atoms with Crippen molar-refractivity contribution in [1.82, 2.24) is 15.5 Å². The molecule has 0 unspecified atom stereocenters. The number of nitrogens with one attached hydrogen (secondary N) is 1. The van der Waals surface area contributed by atoms with Crippen LogP contribution in [0.15, 0.2) is 4.42 Å². The number of hydrogen-bond acceptors (Lipinski definition) is 5. The summed E-state index contributed by atoms with van der Waals surface area (Å²) in [5.41, 5.74) is -0.546. The molecule has 0 aliphatic heterocycles. The monoisotopic (exact) mass is 349 g/mol. The molecule has 1 aliphatic rings. The summed E-state index contributed by atoms with van der Waals surface area (Å²) < 4.78 is 47.3. The first-order chi connectivity index (χ1) is 11.0. The number of aromatic nitrogens is 2. The first kappa shape index (κ1) is 18.5. The first-order valence-corrected chi connectivity index (χ1v) is 7.92. The molecular formula is C15H22F3N3O3. The molecule has 0 radical (unpaired) electrons. The Morgan fingerprint density at radius 3 is 2.33 bits per heavy atom. The third-order valence-corrected chi connectivity index (χ3v) is 3.81. The molecule has 2 rings (SSSR count). The number of carbonyl (C=O) groups excluding carboxylic acids is 1. The van der Waals surface area contributed by atoms with Gasteiger partial charge in [-0.15, -0.1) is 10.2 Å². The van der Waals surface area contributed by atoms with Crippen LogP contribution in [-0.4, -0.2) is 28.4 Å². The number of carbonyl (C=O) groups is 1. The van der Waals surface area contributed by atoms with Gasteiger partial charge in [0.1, 0.15) is 5.60 Å². The van der Waals surface area contributed by atoms with Gasteiger partial charge in [-0.05, 0) is 52.4 Å². The van der Waals surface area contributed by atoms with Gasteiger partial charge in [-0.3, -0.25) is 0 Å². The third-order valence-electron chi connectivity index (χ3n) is 3.81. The van der Waals surface area contributed by atoms with Crippen molar-refractivity contribution < 1.29 is 27.1 Å². The normalized spacial score (nSPS) is 22.2. The van der Waals surface area contributed by atoms with Crippen molar-refractivity contribution in [2.24, 2.45) is 5.92 Å². The van der Waals surface area contributed by atoms with Crippen molar-refractivity contribution in [2.75, 3.05) is 6.54 Å². The maximum atomic E-state index is 12.5. The second-order valence-corrected chi connectivity index (χ2v) is 7.04. The molecule has 136 valence electrons. The Morgan fingerprint density at radius 2 is 1.83 bits per heavy atom. The smallest absolute Gasteiger partial charge is 0.444 e. The highest BCUT2D eigenvalue weighted by Crippen LogP contribution is 2.36. The van der Waals surface area contributed by atoms with E-state index in [0.29, 0.717) is 19.4 Å². The molecule has 24 heavy (non-hydrogen) atoms. The Labute approximate surface area is 138 Å². The zero-order chi connectivity index (χ0) is 18.0. The highest BCUT2D eigenvalue weighted by Gasteiger charge is 2.39. The van der Waals surface area contributed by atoms with E-state index in [9.17, 15) is 18.0 Å². The number of ether oxygens (including phenoxy) is 1. The highest BCUT2D eigenvalue weighted by atomic mass is 19.4. The van der Waals surface area contributed by atoms with Crippen LogP contribution in [0.2, 0.25) is 0 Å². The number of alkyl carbamates (subject to hydrolysis) is 1. The van der Waals surface area contributed by atoms with Gasteiger partial charge in [0.25, 0.3) is 0 Å². The maximum absolute atomic E-state index is 12.5. The number of amides is 1. The Balaban J connectivity index is 1.77. The molecule has 1 aromatic heterocycles. The van der Waals surface area contributed by atoms with Gasteiger partial charge in [-0.1, -0.05) is 0 Å². The van der Waals surface area contributed by atoms with E-state index in [4.69, 9.17) is 9.15 Å². The van der Waals surface area contributed by atoms with E-state index < -0.39 is 23.8 Å². The molecule has 1 aromatic rings. The fraction of sp³-hybridized carbons (Fsp3) is 0.800. The molecule has 0 saturated heterocycles. The third kappa shape index (κ3) is 5.38. The SMILES string of the molecule is CC(C)(C)OC(=O)NCC1CCC(c2nnc(C(F)(F)F)o2)CC1. The number of hydrogen-bond donors (Lipinski definition) is 1. The van der Waals surface area contributed by atoms with Crippen LogP contribution in [0, 0.1) is 5.92 Å². The first-order valence-electron chi connectivity index (χ1n) is 7.92. The lowest BCUT2D eigenvalue weighted by molar-refractivity contribution is -0.157. The largest absolute Gasteiger partial charge is 0.470 e. The molecule has 0 aromatic carbocycles. The lowest BCUT2D eigenvalue weighted by Crippen LogP contribution is -2.36. The predicted molar refractivity (Wildman–Crippen MR) is 78.2 cm³/mol. The van der Waals surface area contributed by atoms with Gasteiger partial charge in [-0.2, -0.15) is 13.2 Å². The van der Waals surface area contributed by atoms with Crippen LogP contribution in [-0.2, 0) is 10.9 Å². The van der Waals surface area contributed by atoms with Gasteiger partial charge in [-0.25, -0.2) is 4.79 Å². The second-order valence-electron chi connectivity index (χ2n) is 7.04. The van der Waals surface area contributed by atoms with Gasteiger partial charge >= 0.3 is 18.2 Å². The fourth-order valence-corrected chi connectivity index (χ4v) is 2.67. The summed E-state index contributed by atoms with van der Waals surface area (Å²) in [6.07, 6.45) is -2.23. The lowest BCUT2D eigenvalue weighted by atomic mass is 9.82. The summed E-state index contributed by atoms with van der Waals surface area (Å²) in [6, 6.07) is 0. The molecule has 0 atom stereocenters. The number of nitrogens with zero attached hydrogens (tertiary/aromatic N) is 2. The minimum atomic E-state index is -4.61. The zero-order valence-corrected chi connectivity index (χ0v) is 13.9. The topological polar surface area (TPSA) is 77.2 Å². The van der Waals surface area contributed by atoms with E-state index >= 15 is 0 Å². The summed E-state index contributed by atoms with van der Waals surface area (Å²) in [4.78, 5) is 11.6. The van der Waals surface area contributed by atoms with Crippen molar-refractivity contribution in [2.45, 2.75) is 64.1 Å². The minimum absolute atomic E-state index is 0.0425. The molecule has 1 fully saturated rings.